The quantitative estimate of drug-likeness (QED) is 0.889. The van der Waals surface area contributed by atoms with E-state index in [2.05, 4.69) is 5.32 Å². The van der Waals surface area contributed by atoms with E-state index >= 15 is 0 Å². The fourth-order valence-electron chi connectivity index (χ4n) is 1.89. The van der Waals surface area contributed by atoms with Crippen molar-refractivity contribution in [3.63, 3.8) is 0 Å². The maximum atomic E-state index is 12.1. The second-order valence-corrected chi connectivity index (χ2v) is 5.23. The number of aryl methyl sites for hydroxylation is 1. The molecule has 5 heteroatoms. The lowest BCUT2D eigenvalue weighted by Crippen LogP contribution is -2.22. The number of carboxylic acid groups (broad SMARTS) is 1. The van der Waals surface area contributed by atoms with Gasteiger partial charge in [0.25, 0.3) is 5.91 Å². The van der Waals surface area contributed by atoms with Crippen molar-refractivity contribution < 1.29 is 14.7 Å². The van der Waals surface area contributed by atoms with Crippen LogP contribution in [0.2, 0.25) is 0 Å². The number of carboxylic acids is 1. The molecule has 0 aliphatic rings. The predicted octanol–water partition coefficient (Wildman–Crippen LogP) is 2.94. The summed E-state index contributed by atoms with van der Waals surface area (Å²) in [5, 5.41) is 13.6. The molecule has 2 N–H and O–H groups in total. The zero-order valence-corrected chi connectivity index (χ0v) is 11.9. The Morgan fingerprint density at radius 3 is 2.80 bits per heavy atom. The minimum absolute atomic E-state index is 0.113. The minimum Gasteiger partial charge on any atom is -0.478 e. The summed E-state index contributed by atoms with van der Waals surface area (Å²) >= 11 is 1.42. The lowest BCUT2D eigenvalue weighted by molar-refractivity contribution is 0.0696. The molecular formula is C15H15NO3S. The molecule has 0 saturated carbocycles. The van der Waals surface area contributed by atoms with Crippen LogP contribution >= 0.6 is 11.3 Å². The van der Waals surface area contributed by atoms with Gasteiger partial charge >= 0.3 is 5.97 Å². The van der Waals surface area contributed by atoms with E-state index in [0.717, 1.165) is 22.4 Å². The summed E-state index contributed by atoms with van der Waals surface area (Å²) in [6.45, 7) is 2.33. The highest BCUT2D eigenvalue weighted by molar-refractivity contribution is 7.12. The van der Waals surface area contributed by atoms with Crippen LogP contribution in [0.3, 0.4) is 0 Å². The highest BCUT2D eigenvalue weighted by atomic mass is 32.1. The Balaban J connectivity index is 2.03. The van der Waals surface area contributed by atoms with Crippen molar-refractivity contribution in [2.75, 3.05) is 0 Å². The second kappa shape index (κ2) is 6.34. The number of hydrogen-bond donors (Lipinski definition) is 2. The van der Waals surface area contributed by atoms with Gasteiger partial charge in [0.15, 0.2) is 0 Å². The molecule has 0 unspecified atom stereocenters. The molecule has 0 saturated heterocycles. The first-order chi connectivity index (χ1) is 9.61. The van der Waals surface area contributed by atoms with Gasteiger partial charge in [-0.15, -0.1) is 11.3 Å². The zero-order valence-electron chi connectivity index (χ0n) is 11.1. The van der Waals surface area contributed by atoms with Crippen molar-refractivity contribution in [3.05, 3.63) is 57.3 Å². The molecule has 0 aliphatic heterocycles. The number of carbonyl (C=O) groups is 2. The van der Waals surface area contributed by atoms with Crippen LogP contribution in [-0.2, 0) is 13.0 Å². The molecule has 4 nitrogen and oxygen atoms in total. The molecule has 0 spiro atoms. The highest BCUT2D eigenvalue weighted by Crippen LogP contribution is 2.17. The predicted molar refractivity (Wildman–Crippen MR) is 78.3 cm³/mol. The van der Waals surface area contributed by atoms with E-state index in [-0.39, 0.29) is 11.5 Å². The molecule has 0 bridgehead atoms. The number of nitrogens with one attached hydrogen (secondary N) is 1. The van der Waals surface area contributed by atoms with Crippen molar-refractivity contribution in [2.24, 2.45) is 0 Å². The van der Waals surface area contributed by atoms with Crippen LogP contribution in [0.5, 0.6) is 0 Å². The number of hydrogen-bond acceptors (Lipinski definition) is 3. The third-order valence-electron chi connectivity index (χ3n) is 2.96. The van der Waals surface area contributed by atoms with Crippen LogP contribution in [-0.4, -0.2) is 17.0 Å². The molecule has 0 radical (unpaired) electrons. The smallest absolute Gasteiger partial charge is 0.335 e. The van der Waals surface area contributed by atoms with Gasteiger partial charge in [0.2, 0.25) is 0 Å². The van der Waals surface area contributed by atoms with Crippen molar-refractivity contribution in [1.29, 1.82) is 0 Å². The van der Waals surface area contributed by atoms with E-state index in [1.54, 1.807) is 18.2 Å². The standard InChI is InChI=1S/C15H15NO3S/c1-2-11-6-7-20-13(11)14(17)16-9-10-4-3-5-12(8-10)15(18)19/h3-8H,2,9H2,1H3,(H,16,17)(H,18,19). The van der Waals surface area contributed by atoms with Crippen LogP contribution in [0.4, 0.5) is 0 Å². The fourth-order valence-corrected chi connectivity index (χ4v) is 2.80. The first-order valence-electron chi connectivity index (χ1n) is 6.28. The van der Waals surface area contributed by atoms with Crippen LogP contribution in [0.15, 0.2) is 35.7 Å². The van der Waals surface area contributed by atoms with E-state index in [1.807, 2.05) is 18.4 Å². The Labute approximate surface area is 121 Å². The van der Waals surface area contributed by atoms with Crippen molar-refractivity contribution in [1.82, 2.24) is 5.32 Å². The van der Waals surface area contributed by atoms with Gasteiger partial charge in [0.05, 0.1) is 10.4 Å². The van der Waals surface area contributed by atoms with Crippen molar-refractivity contribution in [3.8, 4) is 0 Å². The van der Waals surface area contributed by atoms with Gasteiger partial charge in [-0.2, -0.15) is 0 Å². The molecule has 20 heavy (non-hydrogen) atoms. The Kier molecular flexibility index (Phi) is 4.53. The third-order valence-corrected chi connectivity index (χ3v) is 3.92. The fraction of sp³-hybridized carbons (Fsp3) is 0.200. The van der Waals surface area contributed by atoms with Gasteiger partial charge in [0.1, 0.15) is 0 Å². The van der Waals surface area contributed by atoms with E-state index < -0.39 is 5.97 Å². The molecule has 1 amide bonds. The van der Waals surface area contributed by atoms with Crippen molar-refractivity contribution >= 4 is 23.2 Å². The molecule has 1 aromatic heterocycles. The monoisotopic (exact) mass is 289 g/mol. The molecule has 2 rings (SSSR count). The maximum absolute atomic E-state index is 12.1. The van der Waals surface area contributed by atoms with Gasteiger partial charge in [-0.05, 0) is 41.1 Å². The summed E-state index contributed by atoms with van der Waals surface area (Å²) in [5.74, 6) is -1.08. The van der Waals surface area contributed by atoms with Crippen LogP contribution < -0.4 is 5.32 Å². The molecule has 2 aromatic rings. The summed E-state index contributed by atoms with van der Waals surface area (Å²) in [5.41, 5.74) is 2.03. The largest absolute Gasteiger partial charge is 0.478 e. The van der Waals surface area contributed by atoms with Gasteiger partial charge in [0, 0.05) is 6.54 Å². The van der Waals surface area contributed by atoms with Crippen molar-refractivity contribution in [2.45, 2.75) is 19.9 Å². The van der Waals surface area contributed by atoms with Gasteiger partial charge in [-0.1, -0.05) is 19.1 Å². The van der Waals surface area contributed by atoms with E-state index in [9.17, 15) is 9.59 Å². The Morgan fingerprint density at radius 1 is 1.30 bits per heavy atom. The van der Waals surface area contributed by atoms with Gasteiger partial charge in [-0.25, -0.2) is 4.79 Å². The average molecular weight is 289 g/mol. The average Bonchev–Trinajstić information content (AvgIpc) is 2.93. The SMILES string of the molecule is CCc1ccsc1C(=O)NCc1cccc(C(=O)O)c1. The van der Waals surface area contributed by atoms with Gasteiger partial charge in [-0.3, -0.25) is 4.79 Å². The zero-order chi connectivity index (χ0) is 14.5. The number of thiophene rings is 1. The molecule has 0 atom stereocenters. The van der Waals surface area contributed by atoms with Gasteiger partial charge < -0.3 is 10.4 Å². The minimum atomic E-state index is -0.968. The van der Waals surface area contributed by atoms with Crippen LogP contribution in [0.1, 0.15) is 38.1 Å². The molecule has 1 heterocycles. The number of benzene rings is 1. The molecule has 1 aromatic carbocycles. The summed E-state index contributed by atoms with van der Waals surface area (Å²) in [4.78, 5) is 23.7. The third kappa shape index (κ3) is 3.24. The second-order valence-electron chi connectivity index (χ2n) is 4.32. The van der Waals surface area contributed by atoms with E-state index in [4.69, 9.17) is 5.11 Å². The molecular weight excluding hydrogens is 274 g/mol. The maximum Gasteiger partial charge on any atom is 0.335 e. The molecule has 0 fully saturated rings. The summed E-state index contributed by atoms with van der Waals surface area (Å²) in [6.07, 6.45) is 0.820. The number of rotatable bonds is 5. The normalized spacial score (nSPS) is 10.2. The van der Waals surface area contributed by atoms with Crippen LogP contribution in [0.25, 0.3) is 0 Å². The molecule has 104 valence electrons. The Bertz CT molecular complexity index is 634. The highest BCUT2D eigenvalue weighted by Gasteiger charge is 2.11. The Hall–Kier alpha value is -2.14. The summed E-state index contributed by atoms with van der Waals surface area (Å²) in [7, 11) is 0. The summed E-state index contributed by atoms with van der Waals surface area (Å²) in [6, 6.07) is 8.51. The number of aromatic carboxylic acids is 1. The molecule has 0 aliphatic carbocycles. The lowest BCUT2D eigenvalue weighted by atomic mass is 10.1. The topological polar surface area (TPSA) is 66.4 Å². The first-order valence-corrected chi connectivity index (χ1v) is 7.16. The number of carbonyl (C=O) groups excluding carboxylic acids is 1. The van der Waals surface area contributed by atoms with E-state index in [0.29, 0.717) is 6.54 Å². The first kappa shape index (κ1) is 14.3. The lowest BCUT2D eigenvalue weighted by Gasteiger charge is -2.06. The summed E-state index contributed by atoms with van der Waals surface area (Å²) < 4.78 is 0. The van der Waals surface area contributed by atoms with E-state index in [1.165, 1.54) is 17.4 Å². The van der Waals surface area contributed by atoms with Crippen LogP contribution in [0, 0.1) is 0 Å². The number of amides is 1. The Morgan fingerprint density at radius 2 is 2.10 bits per heavy atom.